The van der Waals surface area contributed by atoms with Gasteiger partial charge in [0, 0.05) is 12.6 Å². The van der Waals surface area contributed by atoms with Crippen LogP contribution >= 0.6 is 0 Å². The standard InChI is InChI=1S/C18H19N3O4/c1-13-19-18(25-20-13)16-12-22-10-9-21(16)11-15-7-8-17(24-15)23-14-5-3-2-4-6-14/h2-8,16H,9-12H2,1H3/t16-/m1/s1. The lowest BCUT2D eigenvalue weighted by molar-refractivity contribution is -0.0268. The lowest BCUT2D eigenvalue weighted by Gasteiger charge is -2.32. The number of hydrogen-bond donors (Lipinski definition) is 0. The van der Waals surface area contributed by atoms with Crippen LogP contribution in [0.4, 0.5) is 0 Å². The lowest BCUT2D eigenvalue weighted by atomic mass is 10.2. The van der Waals surface area contributed by atoms with Crippen molar-refractivity contribution in [2.75, 3.05) is 19.8 Å². The van der Waals surface area contributed by atoms with Crippen molar-refractivity contribution in [2.45, 2.75) is 19.5 Å². The van der Waals surface area contributed by atoms with E-state index >= 15 is 0 Å². The van der Waals surface area contributed by atoms with Crippen molar-refractivity contribution in [3.8, 4) is 11.7 Å². The van der Waals surface area contributed by atoms with Crippen molar-refractivity contribution in [2.24, 2.45) is 0 Å². The minimum atomic E-state index is -0.0708. The maximum absolute atomic E-state index is 5.81. The second kappa shape index (κ2) is 7.08. The molecule has 7 nitrogen and oxygen atoms in total. The second-order valence-electron chi connectivity index (χ2n) is 5.88. The van der Waals surface area contributed by atoms with E-state index in [1.807, 2.05) is 42.5 Å². The first kappa shape index (κ1) is 15.9. The maximum atomic E-state index is 5.81. The molecule has 0 unspecified atom stereocenters. The van der Waals surface area contributed by atoms with Gasteiger partial charge in [0.05, 0.1) is 19.8 Å². The third-order valence-corrected chi connectivity index (χ3v) is 4.03. The Balaban J connectivity index is 1.45. The smallest absolute Gasteiger partial charge is 0.290 e. The Bertz CT molecular complexity index is 815. The van der Waals surface area contributed by atoms with Gasteiger partial charge in [-0.1, -0.05) is 23.4 Å². The SMILES string of the molecule is Cc1noc([C@H]2COCCN2Cc2ccc(Oc3ccccc3)o2)n1. The van der Waals surface area contributed by atoms with Gasteiger partial charge in [-0.05, 0) is 25.1 Å². The second-order valence-corrected chi connectivity index (χ2v) is 5.88. The predicted molar refractivity (Wildman–Crippen MR) is 88.2 cm³/mol. The highest BCUT2D eigenvalue weighted by Crippen LogP contribution is 2.28. The number of rotatable bonds is 5. The van der Waals surface area contributed by atoms with Gasteiger partial charge >= 0.3 is 0 Å². The van der Waals surface area contributed by atoms with Gasteiger partial charge in [0.2, 0.25) is 5.89 Å². The molecule has 130 valence electrons. The number of ether oxygens (including phenoxy) is 2. The van der Waals surface area contributed by atoms with Gasteiger partial charge in [0.15, 0.2) is 5.82 Å². The van der Waals surface area contributed by atoms with Crippen LogP contribution in [0.1, 0.15) is 23.5 Å². The van der Waals surface area contributed by atoms with Crippen LogP contribution in [-0.4, -0.2) is 34.8 Å². The molecule has 1 fully saturated rings. The van der Waals surface area contributed by atoms with E-state index in [-0.39, 0.29) is 6.04 Å². The molecular formula is C18H19N3O4. The van der Waals surface area contributed by atoms with Crippen molar-refractivity contribution < 1.29 is 18.4 Å². The van der Waals surface area contributed by atoms with Crippen LogP contribution in [0.5, 0.6) is 11.7 Å². The number of morpholine rings is 1. The van der Waals surface area contributed by atoms with Gasteiger partial charge in [0.1, 0.15) is 17.6 Å². The summed E-state index contributed by atoms with van der Waals surface area (Å²) in [5, 5.41) is 3.87. The Hall–Kier alpha value is -2.64. The average molecular weight is 341 g/mol. The van der Waals surface area contributed by atoms with E-state index in [1.54, 1.807) is 6.92 Å². The Morgan fingerprint density at radius 2 is 2.08 bits per heavy atom. The van der Waals surface area contributed by atoms with E-state index in [4.69, 9.17) is 18.4 Å². The summed E-state index contributed by atoms with van der Waals surface area (Å²) in [6.07, 6.45) is 0. The Kier molecular flexibility index (Phi) is 4.49. The molecule has 1 aromatic carbocycles. The molecular weight excluding hydrogens is 322 g/mol. The average Bonchev–Trinajstić information content (AvgIpc) is 3.25. The summed E-state index contributed by atoms with van der Waals surface area (Å²) in [5.41, 5.74) is 0. The minimum Gasteiger partial charge on any atom is -0.429 e. The molecule has 1 aliphatic rings. The summed E-state index contributed by atoms with van der Waals surface area (Å²) in [6.45, 7) is 4.38. The Labute approximate surface area is 145 Å². The van der Waals surface area contributed by atoms with Crippen LogP contribution in [0.3, 0.4) is 0 Å². The van der Waals surface area contributed by atoms with Gasteiger partial charge in [-0.25, -0.2) is 0 Å². The number of hydrogen-bond acceptors (Lipinski definition) is 7. The van der Waals surface area contributed by atoms with Crippen LogP contribution < -0.4 is 4.74 Å². The summed E-state index contributed by atoms with van der Waals surface area (Å²) in [7, 11) is 0. The van der Waals surface area contributed by atoms with Crippen molar-refractivity contribution in [3.05, 3.63) is 59.9 Å². The molecule has 3 heterocycles. The number of furan rings is 1. The van der Waals surface area contributed by atoms with Crippen molar-refractivity contribution >= 4 is 0 Å². The molecule has 0 radical (unpaired) electrons. The largest absolute Gasteiger partial charge is 0.429 e. The molecule has 0 N–H and O–H groups in total. The molecule has 1 aliphatic heterocycles. The molecule has 0 saturated carbocycles. The van der Waals surface area contributed by atoms with Crippen molar-refractivity contribution in [3.63, 3.8) is 0 Å². The number of nitrogens with zero attached hydrogens (tertiary/aromatic N) is 3. The van der Waals surface area contributed by atoms with E-state index < -0.39 is 0 Å². The third-order valence-electron chi connectivity index (χ3n) is 4.03. The minimum absolute atomic E-state index is 0.0708. The van der Waals surface area contributed by atoms with Gasteiger partial charge in [0.25, 0.3) is 5.95 Å². The first-order valence-electron chi connectivity index (χ1n) is 8.21. The van der Waals surface area contributed by atoms with Gasteiger partial charge < -0.3 is 18.4 Å². The van der Waals surface area contributed by atoms with E-state index in [0.29, 0.717) is 37.4 Å². The highest BCUT2D eigenvalue weighted by atomic mass is 16.6. The number of benzene rings is 1. The first-order valence-corrected chi connectivity index (χ1v) is 8.21. The zero-order valence-corrected chi connectivity index (χ0v) is 13.9. The van der Waals surface area contributed by atoms with E-state index in [1.165, 1.54) is 0 Å². The fraction of sp³-hybridized carbons (Fsp3) is 0.333. The number of aryl methyl sites for hydroxylation is 1. The highest BCUT2D eigenvalue weighted by Gasteiger charge is 2.30. The van der Waals surface area contributed by atoms with Crippen molar-refractivity contribution in [1.82, 2.24) is 15.0 Å². The summed E-state index contributed by atoms with van der Waals surface area (Å²) in [5.74, 6) is 3.23. The molecule has 25 heavy (non-hydrogen) atoms. The zero-order valence-electron chi connectivity index (χ0n) is 13.9. The van der Waals surface area contributed by atoms with Crippen LogP contribution in [-0.2, 0) is 11.3 Å². The van der Waals surface area contributed by atoms with Gasteiger partial charge in [-0.15, -0.1) is 0 Å². The molecule has 3 aromatic rings. The third kappa shape index (κ3) is 3.72. The van der Waals surface area contributed by atoms with Crippen LogP contribution in [0.2, 0.25) is 0 Å². The molecule has 0 amide bonds. The molecule has 7 heteroatoms. The van der Waals surface area contributed by atoms with Gasteiger partial charge in [-0.2, -0.15) is 4.98 Å². The summed E-state index contributed by atoms with van der Waals surface area (Å²) >= 11 is 0. The first-order chi connectivity index (χ1) is 12.3. The predicted octanol–water partition coefficient (Wildman–Crippen LogP) is 3.34. The lowest BCUT2D eigenvalue weighted by Crippen LogP contribution is -2.39. The number of aromatic nitrogens is 2. The molecule has 1 atom stereocenters. The van der Waals surface area contributed by atoms with Crippen LogP contribution in [0.15, 0.2) is 51.4 Å². The quantitative estimate of drug-likeness (QED) is 0.704. The van der Waals surface area contributed by atoms with Gasteiger partial charge in [-0.3, -0.25) is 4.90 Å². The Morgan fingerprint density at radius 3 is 2.88 bits per heavy atom. The van der Waals surface area contributed by atoms with Crippen molar-refractivity contribution in [1.29, 1.82) is 0 Å². The molecule has 0 aliphatic carbocycles. The molecule has 0 bridgehead atoms. The normalized spacial score (nSPS) is 18.4. The summed E-state index contributed by atoms with van der Waals surface area (Å²) in [6, 6.07) is 13.2. The fourth-order valence-corrected chi connectivity index (χ4v) is 2.81. The van der Waals surface area contributed by atoms with E-state index in [2.05, 4.69) is 15.0 Å². The monoisotopic (exact) mass is 341 g/mol. The van der Waals surface area contributed by atoms with E-state index in [9.17, 15) is 0 Å². The Morgan fingerprint density at radius 1 is 1.20 bits per heavy atom. The van der Waals surface area contributed by atoms with Crippen LogP contribution in [0.25, 0.3) is 0 Å². The van der Waals surface area contributed by atoms with Crippen LogP contribution in [0, 0.1) is 6.92 Å². The maximum Gasteiger partial charge on any atom is 0.290 e. The fourth-order valence-electron chi connectivity index (χ4n) is 2.81. The van der Waals surface area contributed by atoms with E-state index in [0.717, 1.165) is 18.1 Å². The number of para-hydroxylation sites is 1. The summed E-state index contributed by atoms with van der Waals surface area (Å²) in [4.78, 5) is 6.54. The highest BCUT2D eigenvalue weighted by molar-refractivity contribution is 5.26. The molecule has 4 rings (SSSR count). The molecule has 0 spiro atoms. The summed E-state index contributed by atoms with van der Waals surface area (Å²) < 4.78 is 22.4. The molecule has 1 saturated heterocycles. The zero-order chi connectivity index (χ0) is 17.1. The molecule has 2 aromatic heterocycles. The topological polar surface area (TPSA) is 73.8 Å².